The van der Waals surface area contributed by atoms with Gasteiger partial charge in [0.2, 0.25) is 0 Å². The van der Waals surface area contributed by atoms with E-state index in [1.54, 1.807) is 6.92 Å². The van der Waals surface area contributed by atoms with Crippen LogP contribution in [0, 0.1) is 10.1 Å². The molecule has 9 heteroatoms. The van der Waals surface area contributed by atoms with Gasteiger partial charge in [0, 0.05) is 22.6 Å². The van der Waals surface area contributed by atoms with E-state index in [2.05, 4.69) is 10.3 Å². The van der Waals surface area contributed by atoms with Gasteiger partial charge in [0.05, 0.1) is 22.8 Å². The molecular formula is C17H17N3O5S. The summed E-state index contributed by atoms with van der Waals surface area (Å²) in [7, 11) is 0. The van der Waals surface area contributed by atoms with Crippen molar-refractivity contribution in [2.45, 2.75) is 32.6 Å². The predicted molar refractivity (Wildman–Crippen MR) is 95.8 cm³/mol. The lowest BCUT2D eigenvalue weighted by Crippen LogP contribution is -2.14. The Labute approximate surface area is 153 Å². The van der Waals surface area contributed by atoms with Crippen LogP contribution in [0.4, 0.5) is 10.8 Å². The quantitative estimate of drug-likeness (QED) is 0.487. The largest absolute Gasteiger partial charge is 0.462 e. The highest BCUT2D eigenvalue weighted by atomic mass is 32.1. The number of anilines is 1. The second kappa shape index (κ2) is 7.61. The van der Waals surface area contributed by atoms with Gasteiger partial charge in [-0.3, -0.25) is 20.2 Å². The van der Waals surface area contributed by atoms with Crippen LogP contribution < -0.4 is 5.32 Å². The number of nitro groups is 1. The highest BCUT2D eigenvalue weighted by molar-refractivity contribution is 7.15. The molecule has 0 radical (unpaired) electrons. The number of rotatable bonds is 5. The minimum atomic E-state index is -0.713. The summed E-state index contributed by atoms with van der Waals surface area (Å²) in [6.45, 7) is 1.76. The number of thiazole rings is 1. The Morgan fingerprint density at radius 1 is 1.27 bits per heavy atom. The number of nitrogens with one attached hydrogen (secondary N) is 1. The standard InChI is InChI=1S/C17H17N3O5S/c1-2-25-16(22)11-7-10(8-12(9-11)20(23)24)15(21)19-17-18-13-5-3-4-6-14(13)26-17/h7-9H,2-6H2,1H3,(H,18,19,21). The second-order valence-electron chi connectivity index (χ2n) is 5.80. The van der Waals surface area contributed by atoms with Crippen molar-refractivity contribution in [1.82, 2.24) is 4.98 Å². The maximum absolute atomic E-state index is 12.5. The van der Waals surface area contributed by atoms with Gasteiger partial charge in [-0.1, -0.05) is 0 Å². The number of carbonyl (C=O) groups excluding carboxylic acids is 2. The van der Waals surface area contributed by atoms with Crippen LogP contribution >= 0.6 is 11.3 Å². The van der Waals surface area contributed by atoms with Gasteiger partial charge < -0.3 is 4.74 Å². The van der Waals surface area contributed by atoms with Crippen molar-refractivity contribution >= 4 is 34.0 Å². The summed E-state index contributed by atoms with van der Waals surface area (Å²) in [5, 5.41) is 14.2. The molecule has 0 atom stereocenters. The van der Waals surface area contributed by atoms with Gasteiger partial charge in [0.1, 0.15) is 0 Å². The van der Waals surface area contributed by atoms with Crippen LogP contribution in [0.3, 0.4) is 0 Å². The van der Waals surface area contributed by atoms with Crippen molar-refractivity contribution in [3.8, 4) is 0 Å². The number of aryl methyl sites for hydroxylation is 2. The third-order valence-corrected chi connectivity index (χ3v) is 5.04. The number of ether oxygens (including phenoxy) is 1. The molecule has 0 spiro atoms. The number of benzene rings is 1. The molecule has 1 aliphatic carbocycles. The number of aromatic nitrogens is 1. The van der Waals surface area contributed by atoms with Crippen LogP contribution in [-0.4, -0.2) is 28.4 Å². The van der Waals surface area contributed by atoms with Gasteiger partial charge in [0.25, 0.3) is 11.6 Å². The lowest BCUT2D eigenvalue weighted by atomic mass is 10.0. The van der Waals surface area contributed by atoms with Crippen molar-refractivity contribution in [2.75, 3.05) is 11.9 Å². The molecular weight excluding hydrogens is 358 g/mol. The van der Waals surface area contributed by atoms with Crippen LogP contribution in [0.1, 0.15) is 51.1 Å². The molecule has 26 heavy (non-hydrogen) atoms. The number of hydrogen-bond acceptors (Lipinski definition) is 7. The SMILES string of the molecule is CCOC(=O)c1cc(C(=O)Nc2nc3c(s2)CCCC3)cc([N+](=O)[O-])c1. The fraction of sp³-hybridized carbons (Fsp3) is 0.353. The van der Waals surface area contributed by atoms with Crippen LogP contribution in [0.25, 0.3) is 0 Å². The molecule has 1 aromatic carbocycles. The second-order valence-corrected chi connectivity index (χ2v) is 6.88. The average molecular weight is 375 g/mol. The number of non-ortho nitro benzene ring substituents is 1. The van der Waals surface area contributed by atoms with E-state index in [1.165, 1.54) is 17.4 Å². The molecule has 3 rings (SSSR count). The smallest absolute Gasteiger partial charge is 0.338 e. The fourth-order valence-electron chi connectivity index (χ4n) is 2.75. The van der Waals surface area contributed by atoms with Gasteiger partial charge in [-0.2, -0.15) is 0 Å². The van der Waals surface area contributed by atoms with E-state index >= 15 is 0 Å². The van der Waals surface area contributed by atoms with Gasteiger partial charge in [-0.05, 0) is 38.7 Å². The van der Waals surface area contributed by atoms with Gasteiger partial charge in [-0.25, -0.2) is 9.78 Å². The topological polar surface area (TPSA) is 111 Å². The Hall–Kier alpha value is -2.81. The van der Waals surface area contributed by atoms with Crippen LogP contribution in [0.15, 0.2) is 18.2 Å². The molecule has 1 heterocycles. The van der Waals surface area contributed by atoms with E-state index in [1.807, 2.05) is 0 Å². The Morgan fingerprint density at radius 2 is 2.00 bits per heavy atom. The number of carbonyl (C=O) groups is 2. The molecule has 0 saturated heterocycles. The van der Waals surface area contributed by atoms with E-state index < -0.39 is 16.8 Å². The molecule has 0 aliphatic heterocycles. The van der Waals surface area contributed by atoms with Crippen LogP contribution in [-0.2, 0) is 17.6 Å². The lowest BCUT2D eigenvalue weighted by molar-refractivity contribution is -0.384. The Bertz CT molecular complexity index is 854. The van der Waals surface area contributed by atoms with Crippen molar-refractivity contribution in [3.63, 3.8) is 0 Å². The minimum absolute atomic E-state index is 0.00965. The molecule has 8 nitrogen and oxygen atoms in total. The number of nitro benzene ring substituents is 1. The van der Waals surface area contributed by atoms with E-state index in [0.717, 1.165) is 48.4 Å². The molecule has 0 unspecified atom stereocenters. The van der Waals surface area contributed by atoms with Crippen LogP contribution in [0.2, 0.25) is 0 Å². The first-order valence-corrected chi connectivity index (χ1v) is 9.06. The summed E-state index contributed by atoms with van der Waals surface area (Å²) >= 11 is 1.42. The summed E-state index contributed by atoms with van der Waals surface area (Å²) in [4.78, 5) is 40.5. The zero-order valence-corrected chi connectivity index (χ0v) is 14.9. The van der Waals surface area contributed by atoms with Gasteiger partial charge >= 0.3 is 5.97 Å². The highest BCUT2D eigenvalue weighted by Crippen LogP contribution is 2.30. The first-order chi connectivity index (χ1) is 12.5. The Kier molecular flexibility index (Phi) is 5.27. The van der Waals surface area contributed by atoms with Crippen LogP contribution in [0.5, 0.6) is 0 Å². The monoisotopic (exact) mass is 375 g/mol. The highest BCUT2D eigenvalue weighted by Gasteiger charge is 2.21. The molecule has 2 aromatic rings. The van der Waals surface area contributed by atoms with Gasteiger partial charge in [-0.15, -0.1) is 11.3 Å². The number of amides is 1. The van der Waals surface area contributed by atoms with E-state index in [9.17, 15) is 19.7 Å². The normalized spacial score (nSPS) is 13.0. The van der Waals surface area contributed by atoms with Crippen molar-refractivity contribution in [3.05, 3.63) is 50.0 Å². The maximum Gasteiger partial charge on any atom is 0.338 e. The first-order valence-electron chi connectivity index (χ1n) is 8.24. The molecule has 1 aliphatic rings. The summed E-state index contributed by atoms with van der Waals surface area (Å²) in [6, 6.07) is 3.51. The minimum Gasteiger partial charge on any atom is -0.462 e. The Morgan fingerprint density at radius 3 is 2.69 bits per heavy atom. The average Bonchev–Trinajstić information content (AvgIpc) is 3.03. The predicted octanol–water partition coefficient (Wildman–Crippen LogP) is 3.36. The van der Waals surface area contributed by atoms with Crippen molar-refractivity contribution in [1.29, 1.82) is 0 Å². The molecule has 1 aromatic heterocycles. The zero-order valence-electron chi connectivity index (χ0n) is 14.1. The molecule has 0 saturated carbocycles. The number of hydrogen-bond donors (Lipinski definition) is 1. The summed E-state index contributed by atoms with van der Waals surface area (Å²) in [5.41, 5.74) is 0.627. The number of fused-ring (bicyclic) bond motifs is 1. The van der Waals surface area contributed by atoms with Gasteiger partial charge in [0.15, 0.2) is 5.13 Å². The third kappa shape index (κ3) is 3.88. The zero-order chi connectivity index (χ0) is 18.7. The van der Waals surface area contributed by atoms with E-state index in [0.29, 0.717) is 5.13 Å². The van der Waals surface area contributed by atoms with Crippen molar-refractivity contribution < 1.29 is 19.2 Å². The number of nitrogens with zero attached hydrogens (tertiary/aromatic N) is 2. The van der Waals surface area contributed by atoms with E-state index in [-0.39, 0.29) is 23.4 Å². The molecule has 0 fully saturated rings. The first kappa shape index (κ1) is 18.0. The third-order valence-electron chi connectivity index (χ3n) is 3.97. The summed E-state index contributed by atoms with van der Waals surface area (Å²) in [6.07, 6.45) is 4.03. The van der Waals surface area contributed by atoms with E-state index in [4.69, 9.17) is 4.74 Å². The maximum atomic E-state index is 12.5. The molecule has 0 bridgehead atoms. The molecule has 1 amide bonds. The fourth-order valence-corrected chi connectivity index (χ4v) is 3.80. The molecule has 1 N–H and O–H groups in total. The van der Waals surface area contributed by atoms with Crippen molar-refractivity contribution in [2.24, 2.45) is 0 Å². The number of esters is 1. The summed E-state index contributed by atoms with van der Waals surface area (Å²) in [5.74, 6) is -1.26. The Balaban J connectivity index is 1.86. The molecule has 136 valence electrons. The summed E-state index contributed by atoms with van der Waals surface area (Å²) < 4.78 is 4.87. The lowest BCUT2D eigenvalue weighted by Gasteiger charge is -2.06.